The van der Waals surface area contributed by atoms with Gasteiger partial charge in [0, 0.05) is 15.1 Å². The van der Waals surface area contributed by atoms with Crippen molar-refractivity contribution in [3.8, 4) is 5.75 Å². The Labute approximate surface area is 128 Å². The molecule has 102 valence electrons. The third-order valence-electron chi connectivity index (χ3n) is 3.19. The van der Waals surface area contributed by atoms with Gasteiger partial charge in [0.25, 0.3) is 0 Å². The van der Waals surface area contributed by atoms with Crippen LogP contribution >= 0.6 is 27.5 Å². The first-order valence-corrected chi connectivity index (χ1v) is 7.16. The maximum atomic E-state index is 13.1. The molecule has 0 fully saturated rings. The first-order chi connectivity index (χ1) is 9.54. The number of benzene rings is 2. The van der Waals surface area contributed by atoms with Crippen molar-refractivity contribution < 1.29 is 13.9 Å². The zero-order valence-electron chi connectivity index (χ0n) is 10.2. The fraction of sp³-hybridized carbons (Fsp3) is 0.133. The van der Waals surface area contributed by atoms with Crippen molar-refractivity contribution in [3.63, 3.8) is 0 Å². The van der Waals surface area contributed by atoms with E-state index < -0.39 is 6.10 Å². The van der Waals surface area contributed by atoms with Gasteiger partial charge in [-0.3, -0.25) is 4.79 Å². The van der Waals surface area contributed by atoms with Gasteiger partial charge >= 0.3 is 0 Å². The maximum Gasteiger partial charge on any atom is 0.170 e. The smallest absolute Gasteiger partial charge is 0.170 e. The standard InChI is InChI=1S/C15H9BrClFO2/c16-12-6-9(18)2-3-10(12)15-7-13(19)11-5-8(17)1-4-14(11)20-15/h1-6,15H,7H2. The van der Waals surface area contributed by atoms with Crippen molar-refractivity contribution in [2.75, 3.05) is 0 Å². The Bertz CT molecular complexity index is 702. The first kappa shape index (κ1) is 13.6. The number of carbonyl (C=O) groups is 1. The van der Waals surface area contributed by atoms with Gasteiger partial charge in [0.1, 0.15) is 17.7 Å². The Kier molecular flexibility index (Phi) is 3.52. The number of fused-ring (bicyclic) bond motifs is 1. The van der Waals surface area contributed by atoms with E-state index in [1.165, 1.54) is 12.1 Å². The summed E-state index contributed by atoms with van der Waals surface area (Å²) in [6.45, 7) is 0. The predicted molar refractivity (Wildman–Crippen MR) is 77.9 cm³/mol. The summed E-state index contributed by atoms with van der Waals surface area (Å²) in [4.78, 5) is 12.2. The minimum Gasteiger partial charge on any atom is -0.484 e. The highest BCUT2D eigenvalue weighted by atomic mass is 79.9. The van der Waals surface area contributed by atoms with Crippen molar-refractivity contribution in [3.05, 3.63) is 62.8 Å². The molecule has 1 aliphatic rings. The summed E-state index contributed by atoms with van der Waals surface area (Å²) in [7, 11) is 0. The van der Waals surface area contributed by atoms with Crippen molar-refractivity contribution >= 4 is 33.3 Å². The summed E-state index contributed by atoms with van der Waals surface area (Å²) >= 11 is 9.18. The minimum absolute atomic E-state index is 0.0324. The lowest BCUT2D eigenvalue weighted by atomic mass is 9.96. The van der Waals surface area contributed by atoms with Crippen LogP contribution in [0.15, 0.2) is 40.9 Å². The molecule has 0 amide bonds. The van der Waals surface area contributed by atoms with Crippen LogP contribution in [0, 0.1) is 5.82 Å². The molecule has 20 heavy (non-hydrogen) atoms. The van der Waals surface area contributed by atoms with Crippen LogP contribution in [0.5, 0.6) is 5.75 Å². The van der Waals surface area contributed by atoms with Crippen LogP contribution in [0.2, 0.25) is 5.02 Å². The molecule has 3 rings (SSSR count). The molecule has 1 atom stereocenters. The molecule has 0 saturated carbocycles. The molecule has 0 aliphatic carbocycles. The zero-order chi connectivity index (χ0) is 14.3. The minimum atomic E-state index is -0.425. The molecule has 2 aromatic carbocycles. The average Bonchev–Trinajstić information content (AvgIpc) is 2.39. The number of rotatable bonds is 1. The summed E-state index contributed by atoms with van der Waals surface area (Å²) in [5.74, 6) is 0.136. The molecule has 0 bridgehead atoms. The van der Waals surface area contributed by atoms with Crippen molar-refractivity contribution in [1.29, 1.82) is 0 Å². The molecule has 1 heterocycles. The number of Topliss-reactive ketones (excluding diaryl/α,β-unsaturated/α-hetero) is 1. The fourth-order valence-electron chi connectivity index (χ4n) is 2.23. The number of hydrogen-bond acceptors (Lipinski definition) is 2. The Hall–Kier alpha value is -1.39. The van der Waals surface area contributed by atoms with Crippen molar-refractivity contribution in [1.82, 2.24) is 0 Å². The topological polar surface area (TPSA) is 26.3 Å². The molecular weight excluding hydrogens is 347 g/mol. The van der Waals surface area contributed by atoms with Crippen LogP contribution < -0.4 is 4.74 Å². The van der Waals surface area contributed by atoms with Crippen LogP contribution in [0.25, 0.3) is 0 Å². The molecule has 1 unspecified atom stereocenters. The summed E-state index contributed by atoms with van der Waals surface area (Å²) in [6.07, 6.45) is -0.219. The van der Waals surface area contributed by atoms with Gasteiger partial charge in [0.05, 0.1) is 12.0 Å². The molecule has 2 nitrogen and oxygen atoms in total. The van der Waals surface area contributed by atoms with Gasteiger partial charge < -0.3 is 4.74 Å². The molecule has 0 saturated heterocycles. The van der Waals surface area contributed by atoms with Crippen LogP contribution in [0.1, 0.15) is 28.4 Å². The summed E-state index contributed by atoms with van der Waals surface area (Å²) in [6, 6.07) is 9.30. The van der Waals surface area contributed by atoms with E-state index in [9.17, 15) is 9.18 Å². The number of hydrogen-bond donors (Lipinski definition) is 0. The molecule has 0 spiro atoms. The summed E-state index contributed by atoms with van der Waals surface area (Å²) in [5.41, 5.74) is 1.24. The van der Waals surface area contributed by atoms with Crippen molar-refractivity contribution in [2.45, 2.75) is 12.5 Å². The monoisotopic (exact) mass is 354 g/mol. The van der Waals surface area contributed by atoms with Crippen LogP contribution in [-0.4, -0.2) is 5.78 Å². The van der Waals surface area contributed by atoms with Crippen LogP contribution in [-0.2, 0) is 0 Å². The molecule has 5 heteroatoms. The number of carbonyl (C=O) groups excluding carboxylic acids is 1. The highest BCUT2D eigenvalue weighted by Gasteiger charge is 2.29. The Morgan fingerprint density at radius 2 is 2.05 bits per heavy atom. The first-order valence-electron chi connectivity index (χ1n) is 5.99. The highest BCUT2D eigenvalue weighted by molar-refractivity contribution is 9.10. The lowest BCUT2D eigenvalue weighted by Crippen LogP contribution is -2.20. The largest absolute Gasteiger partial charge is 0.484 e. The molecule has 0 N–H and O–H groups in total. The van der Waals surface area contributed by atoms with E-state index >= 15 is 0 Å². The average molecular weight is 356 g/mol. The normalized spacial score (nSPS) is 17.6. The highest BCUT2D eigenvalue weighted by Crippen LogP contribution is 2.38. The number of ketones is 1. The van der Waals surface area contributed by atoms with Gasteiger partial charge in [-0.15, -0.1) is 0 Å². The quantitative estimate of drug-likeness (QED) is 0.723. The van der Waals surface area contributed by atoms with Gasteiger partial charge in [-0.2, -0.15) is 0 Å². The summed E-state index contributed by atoms with van der Waals surface area (Å²) in [5, 5.41) is 0.502. The summed E-state index contributed by atoms with van der Waals surface area (Å²) < 4.78 is 19.5. The third kappa shape index (κ3) is 2.45. The van der Waals surface area contributed by atoms with E-state index in [1.54, 1.807) is 24.3 Å². The number of halogens is 3. The third-order valence-corrected chi connectivity index (χ3v) is 4.11. The SMILES string of the molecule is O=C1CC(c2ccc(F)cc2Br)Oc2ccc(Cl)cc21. The maximum absolute atomic E-state index is 13.1. The second-order valence-electron chi connectivity index (χ2n) is 4.54. The van der Waals surface area contributed by atoms with E-state index in [0.29, 0.717) is 20.8 Å². The van der Waals surface area contributed by atoms with E-state index in [2.05, 4.69) is 15.9 Å². The number of ether oxygens (including phenoxy) is 1. The zero-order valence-corrected chi connectivity index (χ0v) is 12.5. The second-order valence-corrected chi connectivity index (χ2v) is 5.83. The van der Waals surface area contributed by atoms with Gasteiger partial charge in [0.15, 0.2) is 5.78 Å². The van der Waals surface area contributed by atoms with Crippen LogP contribution in [0.4, 0.5) is 4.39 Å². The molecule has 0 aromatic heterocycles. The lowest BCUT2D eigenvalue weighted by molar-refractivity contribution is 0.0849. The second kappa shape index (κ2) is 5.19. The van der Waals surface area contributed by atoms with E-state index in [1.807, 2.05) is 0 Å². The Balaban J connectivity index is 1.99. The van der Waals surface area contributed by atoms with Crippen LogP contribution in [0.3, 0.4) is 0 Å². The van der Waals surface area contributed by atoms with Gasteiger partial charge in [-0.1, -0.05) is 33.6 Å². The molecule has 1 aliphatic heterocycles. The molecule has 0 radical (unpaired) electrons. The van der Waals surface area contributed by atoms with E-state index in [-0.39, 0.29) is 18.0 Å². The van der Waals surface area contributed by atoms with Crippen molar-refractivity contribution in [2.24, 2.45) is 0 Å². The van der Waals surface area contributed by atoms with Gasteiger partial charge in [0.2, 0.25) is 0 Å². The molecular formula is C15H9BrClFO2. The van der Waals surface area contributed by atoms with E-state index in [4.69, 9.17) is 16.3 Å². The lowest BCUT2D eigenvalue weighted by Gasteiger charge is -2.26. The van der Waals surface area contributed by atoms with E-state index in [0.717, 1.165) is 5.56 Å². The molecule has 2 aromatic rings. The van der Waals surface area contributed by atoms with Gasteiger partial charge in [-0.05, 0) is 30.3 Å². The fourth-order valence-corrected chi connectivity index (χ4v) is 3.01. The Morgan fingerprint density at radius 1 is 1.25 bits per heavy atom. The van der Waals surface area contributed by atoms with Gasteiger partial charge in [-0.25, -0.2) is 4.39 Å². The Morgan fingerprint density at radius 3 is 2.80 bits per heavy atom. The predicted octanol–water partition coefficient (Wildman–Crippen LogP) is 4.95.